The molecule has 2 rings (SSSR count). The number of fused-ring (bicyclic) bond motifs is 1. The summed E-state index contributed by atoms with van der Waals surface area (Å²) in [5.74, 6) is 0.310. The van der Waals surface area contributed by atoms with Crippen molar-refractivity contribution < 1.29 is 0 Å². The SMILES string of the molecule is C/C=C1/C(=N)N(N=N)c2ccccc2N=C1N. The molecule has 1 aliphatic heterocycles. The molecule has 0 spiro atoms. The van der Waals surface area contributed by atoms with E-state index in [1.165, 1.54) is 5.01 Å². The van der Waals surface area contributed by atoms with Crippen LogP contribution in [0.2, 0.25) is 0 Å². The van der Waals surface area contributed by atoms with Crippen molar-refractivity contribution in [3.63, 3.8) is 0 Å². The maximum atomic E-state index is 7.99. The number of nitrogens with zero attached hydrogens (tertiary/aromatic N) is 3. The highest BCUT2D eigenvalue weighted by molar-refractivity contribution is 6.28. The van der Waals surface area contributed by atoms with Crippen molar-refractivity contribution in [1.29, 1.82) is 10.9 Å². The van der Waals surface area contributed by atoms with Crippen molar-refractivity contribution in [2.24, 2.45) is 15.9 Å². The molecule has 0 aliphatic carbocycles. The number of para-hydroxylation sites is 2. The molecule has 4 N–H and O–H groups in total. The van der Waals surface area contributed by atoms with Crippen LogP contribution in [0.4, 0.5) is 11.4 Å². The lowest BCUT2D eigenvalue weighted by Crippen LogP contribution is -2.30. The normalized spacial score (nSPS) is 17.5. The third-order valence-corrected chi connectivity index (χ3v) is 2.48. The number of nitrogens with two attached hydrogens (primary N) is 1. The van der Waals surface area contributed by atoms with E-state index in [0.29, 0.717) is 16.9 Å². The van der Waals surface area contributed by atoms with E-state index in [-0.39, 0.29) is 11.7 Å². The van der Waals surface area contributed by atoms with Crippen LogP contribution in [-0.4, -0.2) is 11.7 Å². The van der Waals surface area contributed by atoms with E-state index in [0.717, 1.165) is 0 Å². The van der Waals surface area contributed by atoms with E-state index in [9.17, 15) is 0 Å². The van der Waals surface area contributed by atoms with E-state index in [2.05, 4.69) is 10.2 Å². The number of benzene rings is 1. The Hall–Kier alpha value is -2.50. The van der Waals surface area contributed by atoms with Crippen LogP contribution < -0.4 is 10.7 Å². The Balaban J connectivity index is 2.70. The Bertz CT molecular complexity index is 543. The van der Waals surface area contributed by atoms with Gasteiger partial charge in [0.25, 0.3) is 0 Å². The zero-order chi connectivity index (χ0) is 12.4. The highest BCUT2D eigenvalue weighted by atomic mass is 15.5. The van der Waals surface area contributed by atoms with Gasteiger partial charge in [-0.15, -0.1) is 0 Å². The van der Waals surface area contributed by atoms with Crippen LogP contribution in [0, 0.1) is 10.9 Å². The van der Waals surface area contributed by atoms with Gasteiger partial charge in [0.1, 0.15) is 5.84 Å². The van der Waals surface area contributed by atoms with E-state index in [1.807, 2.05) is 6.07 Å². The fourth-order valence-electron chi connectivity index (χ4n) is 1.67. The molecule has 6 heteroatoms. The second kappa shape index (κ2) is 4.17. The number of aliphatic imine (C=N–C) groups is 1. The van der Waals surface area contributed by atoms with Gasteiger partial charge in [-0.1, -0.05) is 23.4 Å². The van der Waals surface area contributed by atoms with Gasteiger partial charge in [0.15, 0.2) is 5.84 Å². The molecule has 86 valence electrons. The molecule has 1 heterocycles. The van der Waals surface area contributed by atoms with Crippen LogP contribution in [-0.2, 0) is 0 Å². The molecular weight excluding hydrogens is 216 g/mol. The lowest BCUT2D eigenvalue weighted by atomic mass is 10.2. The van der Waals surface area contributed by atoms with Crippen molar-refractivity contribution >= 4 is 23.0 Å². The molecule has 0 bridgehead atoms. The van der Waals surface area contributed by atoms with E-state index in [4.69, 9.17) is 16.7 Å². The lowest BCUT2D eigenvalue weighted by molar-refractivity contribution is 0.941. The van der Waals surface area contributed by atoms with Crippen molar-refractivity contribution in [1.82, 2.24) is 0 Å². The van der Waals surface area contributed by atoms with Gasteiger partial charge in [0.05, 0.1) is 16.9 Å². The minimum Gasteiger partial charge on any atom is -0.383 e. The number of hydrogen-bond donors (Lipinski definition) is 3. The second-order valence-electron chi connectivity index (χ2n) is 3.45. The Kier molecular flexibility index (Phi) is 2.70. The first-order valence-electron chi connectivity index (χ1n) is 5.05. The summed E-state index contributed by atoms with van der Waals surface area (Å²) in [6, 6.07) is 7.14. The van der Waals surface area contributed by atoms with Gasteiger partial charge in [-0.05, 0) is 19.1 Å². The molecule has 0 fully saturated rings. The van der Waals surface area contributed by atoms with Crippen LogP contribution in [0.15, 0.2) is 46.1 Å². The Morgan fingerprint density at radius 1 is 1.41 bits per heavy atom. The summed E-state index contributed by atoms with van der Waals surface area (Å²) in [6.45, 7) is 1.77. The van der Waals surface area contributed by atoms with Gasteiger partial charge in [0, 0.05) is 0 Å². The molecule has 0 unspecified atom stereocenters. The molecule has 0 saturated carbocycles. The van der Waals surface area contributed by atoms with Gasteiger partial charge < -0.3 is 5.73 Å². The summed E-state index contributed by atoms with van der Waals surface area (Å²) < 4.78 is 0. The fourth-order valence-corrected chi connectivity index (χ4v) is 1.67. The van der Waals surface area contributed by atoms with E-state index in [1.54, 1.807) is 31.2 Å². The number of hydrogen-bond acceptors (Lipinski definition) is 5. The predicted octanol–water partition coefficient (Wildman–Crippen LogP) is 2.36. The lowest BCUT2D eigenvalue weighted by Gasteiger charge is -2.17. The van der Waals surface area contributed by atoms with E-state index < -0.39 is 0 Å². The van der Waals surface area contributed by atoms with Crippen LogP contribution in [0.3, 0.4) is 0 Å². The third kappa shape index (κ3) is 1.69. The maximum absolute atomic E-state index is 7.99. The number of nitrogens with one attached hydrogen (secondary N) is 2. The zero-order valence-corrected chi connectivity index (χ0v) is 9.31. The average molecular weight is 228 g/mol. The van der Waals surface area contributed by atoms with Gasteiger partial charge in [-0.2, -0.15) is 10.5 Å². The highest BCUT2D eigenvalue weighted by Crippen LogP contribution is 2.32. The average Bonchev–Trinajstić information content (AvgIpc) is 2.42. The quantitative estimate of drug-likeness (QED) is 0.642. The standard InChI is InChI=1S/C11H12N6/c1-2-7-10(12)15-8-5-3-4-6-9(8)17(16-14)11(7)13/h2-6,13-14H,1H3,(H2,12,15)/b7-2+,13-11?,16-14?. The Morgan fingerprint density at radius 3 is 2.76 bits per heavy atom. The van der Waals surface area contributed by atoms with Crippen LogP contribution in [0.5, 0.6) is 0 Å². The molecule has 17 heavy (non-hydrogen) atoms. The summed E-state index contributed by atoms with van der Waals surface area (Å²) in [5, 5.41) is 12.5. The topological polar surface area (TPSA) is 102 Å². The molecular formula is C11H12N6. The summed E-state index contributed by atoms with van der Waals surface area (Å²) in [5.41, 5.74) is 14.6. The first kappa shape index (κ1) is 11.0. The van der Waals surface area contributed by atoms with Gasteiger partial charge >= 0.3 is 0 Å². The summed E-state index contributed by atoms with van der Waals surface area (Å²) >= 11 is 0. The molecule has 0 radical (unpaired) electrons. The number of anilines is 1. The second-order valence-corrected chi connectivity index (χ2v) is 3.45. The molecule has 1 aromatic carbocycles. The van der Waals surface area contributed by atoms with Gasteiger partial charge in [-0.3, -0.25) is 5.41 Å². The molecule has 1 aliphatic rings. The highest BCUT2D eigenvalue weighted by Gasteiger charge is 2.23. The van der Waals surface area contributed by atoms with Crippen molar-refractivity contribution in [3.8, 4) is 0 Å². The number of allylic oxidation sites excluding steroid dienone is 1. The predicted molar refractivity (Wildman–Crippen MR) is 66.8 cm³/mol. The first-order valence-corrected chi connectivity index (χ1v) is 5.05. The summed E-state index contributed by atoms with van der Waals surface area (Å²) in [4.78, 5) is 4.24. The largest absolute Gasteiger partial charge is 0.383 e. The molecule has 6 nitrogen and oxygen atoms in total. The van der Waals surface area contributed by atoms with Crippen molar-refractivity contribution in [2.75, 3.05) is 5.01 Å². The van der Waals surface area contributed by atoms with Gasteiger partial charge in [-0.25, -0.2) is 4.99 Å². The molecule has 0 atom stereocenters. The number of rotatable bonds is 1. The molecule has 0 amide bonds. The summed E-state index contributed by atoms with van der Waals surface area (Å²) in [7, 11) is 0. The third-order valence-electron chi connectivity index (χ3n) is 2.48. The minimum atomic E-state index is 0.0497. The maximum Gasteiger partial charge on any atom is 0.159 e. The summed E-state index contributed by atoms with van der Waals surface area (Å²) in [6.07, 6.45) is 1.69. The van der Waals surface area contributed by atoms with E-state index >= 15 is 0 Å². The van der Waals surface area contributed by atoms with Crippen molar-refractivity contribution in [3.05, 3.63) is 35.9 Å². The minimum absolute atomic E-state index is 0.0497. The monoisotopic (exact) mass is 228 g/mol. The Morgan fingerprint density at radius 2 is 2.12 bits per heavy atom. The van der Waals surface area contributed by atoms with Crippen LogP contribution in [0.25, 0.3) is 0 Å². The number of amidine groups is 2. The molecule has 1 aromatic rings. The van der Waals surface area contributed by atoms with Crippen molar-refractivity contribution in [2.45, 2.75) is 6.92 Å². The molecule has 0 aromatic heterocycles. The smallest absolute Gasteiger partial charge is 0.159 e. The zero-order valence-electron chi connectivity index (χ0n) is 9.31. The fraction of sp³-hybridized carbons (Fsp3) is 0.0909. The van der Waals surface area contributed by atoms with Crippen LogP contribution in [0.1, 0.15) is 6.92 Å². The molecule has 0 saturated heterocycles. The Labute approximate surface area is 98.4 Å². The first-order chi connectivity index (χ1) is 8.19. The van der Waals surface area contributed by atoms with Crippen LogP contribution >= 0.6 is 0 Å². The van der Waals surface area contributed by atoms with Gasteiger partial charge in [0.2, 0.25) is 0 Å².